The highest BCUT2D eigenvalue weighted by Crippen LogP contribution is 2.29. The second-order valence-corrected chi connectivity index (χ2v) is 6.27. The molecule has 2 aromatic heterocycles. The van der Waals surface area contributed by atoms with Crippen molar-refractivity contribution in [2.24, 2.45) is 0 Å². The fraction of sp³-hybridized carbons (Fsp3) is 0.0556. The van der Waals surface area contributed by atoms with Crippen molar-refractivity contribution >= 4 is 27.5 Å². The normalized spacial score (nSPS) is 11.1. The van der Waals surface area contributed by atoms with Gasteiger partial charge in [-0.05, 0) is 30.3 Å². The van der Waals surface area contributed by atoms with Gasteiger partial charge in [0.15, 0.2) is 0 Å². The first kappa shape index (κ1) is 18.8. The van der Waals surface area contributed by atoms with Crippen LogP contribution in [-0.4, -0.2) is 15.9 Å². The molecule has 1 N–H and O–H groups in total. The van der Waals surface area contributed by atoms with E-state index in [2.05, 4.69) is 31.2 Å². The number of carbonyl (C=O) groups excluding carboxylic acids is 1. The minimum Gasteiger partial charge on any atom is -0.454 e. The predicted octanol–water partition coefficient (Wildman–Crippen LogP) is 5.30. The zero-order valence-electron chi connectivity index (χ0n) is 13.5. The van der Waals surface area contributed by atoms with Crippen LogP contribution >= 0.6 is 15.9 Å². The van der Waals surface area contributed by atoms with E-state index in [0.29, 0.717) is 11.3 Å². The molecule has 27 heavy (non-hydrogen) atoms. The number of halogens is 4. The fourth-order valence-electron chi connectivity index (χ4n) is 2.12. The number of nitrogens with zero attached hydrogens (tertiary/aromatic N) is 2. The van der Waals surface area contributed by atoms with Gasteiger partial charge in [0.1, 0.15) is 17.2 Å². The molecular weight excluding hydrogens is 427 g/mol. The average Bonchev–Trinajstić information content (AvgIpc) is 2.62. The smallest absolute Gasteiger partial charge is 0.433 e. The molecular formula is C18H11BrF3N3O2. The van der Waals surface area contributed by atoms with Gasteiger partial charge >= 0.3 is 6.18 Å². The minimum atomic E-state index is -4.52. The number of carbonyl (C=O) groups is 1. The summed E-state index contributed by atoms with van der Waals surface area (Å²) in [6.45, 7) is 0. The number of pyridine rings is 2. The third kappa shape index (κ3) is 5.04. The van der Waals surface area contributed by atoms with Crippen LogP contribution < -0.4 is 10.1 Å². The van der Waals surface area contributed by atoms with Crippen LogP contribution in [0.3, 0.4) is 0 Å². The zero-order valence-corrected chi connectivity index (χ0v) is 15.1. The number of hydrogen-bond donors (Lipinski definition) is 1. The van der Waals surface area contributed by atoms with Crippen molar-refractivity contribution in [2.75, 3.05) is 5.32 Å². The number of rotatable bonds is 4. The Balaban J connectivity index is 1.71. The molecule has 0 radical (unpaired) electrons. The monoisotopic (exact) mass is 437 g/mol. The Hall–Kier alpha value is -2.94. The van der Waals surface area contributed by atoms with Gasteiger partial charge in [-0.1, -0.05) is 22.0 Å². The average molecular weight is 438 g/mol. The number of amides is 1. The Morgan fingerprint density at radius 2 is 1.85 bits per heavy atom. The number of ether oxygens (including phenoxy) is 1. The van der Waals surface area contributed by atoms with Gasteiger partial charge in [-0.15, -0.1) is 0 Å². The maximum Gasteiger partial charge on any atom is 0.433 e. The molecule has 0 aliphatic rings. The molecule has 0 bridgehead atoms. The van der Waals surface area contributed by atoms with Crippen molar-refractivity contribution < 1.29 is 22.7 Å². The maximum atomic E-state index is 12.5. The van der Waals surface area contributed by atoms with E-state index in [1.807, 2.05) is 0 Å². The van der Waals surface area contributed by atoms with E-state index >= 15 is 0 Å². The molecule has 0 fully saturated rings. The summed E-state index contributed by atoms with van der Waals surface area (Å²) < 4.78 is 43.8. The van der Waals surface area contributed by atoms with E-state index in [4.69, 9.17) is 4.74 Å². The van der Waals surface area contributed by atoms with Crippen molar-refractivity contribution in [1.29, 1.82) is 0 Å². The van der Waals surface area contributed by atoms with Crippen molar-refractivity contribution in [2.45, 2.75) is 6.18 Å². The quantitative estimate of drug-likeness (QED) is 0.601. The SMILES string of the molecule is O=C(Nc1cncc(Oc2ccc(C(F)(F)F)nc2)c1)c1cccc(Br)c1. The lowest BCUT2D eigenvalue weighted by molar-refractivity contribution is -0.141. The minimum absolute atomic E-state index is 0.111. The fourth-order valence-corrected chi connectivity index (χ4v) is 2.52. The van der Waals surface area contributed by atoms with Gasteiger partial charge < -0.3 is 10.1 Å². The zero-order chi connectivity index (χ0) is 19.4. The molecule has 0 aliphatic carbocycles. The van der Waals surface area contributed by atoms with Crippen molar-refractivity contribution in [3.05, 3.63) is 76.8 Å². The predicted molar refractivity (Wildman–Crippen MR) is 95.6 cm³/mol. The van der Waals surface area contributed by atoms with Crippen molar-refractivity contribution in [3.63, 3.8) is 0 Å². The van der Waals surface area contributed by atoms with Crippen molar-refractivity contribution in [1.82, 2.24) is 9.97 Å². The Kier molecular flexibility index (Phi) is 5.41. The maximum absolute atomic E-state index is 12.5. The lowest BCUT2D eigenvalue weighted by atomic mass is 10.2. The Labute approximate surface area is 160 Å². The molecule has 5 nitrogen and oxygen atoms in total. The van der Waals surface area contributed by atoms with Gasteiger partial charge in [0.2, 0.25) is 0 Å². The van der Waals surface area contributed by atoms with Gasteiger partial charge in [-0.2, -0.15) is 13.2 Å². The summed E-state index contributed by atoms with van der Waals surface area (Å²) in [5.74, 6) is 0.00955. The first-order chi connectivity index (χ1) is 12.8. The first-order valence-corrected chi connectivity index (χ1v) is 8.33. The van der Waals surface area contributed by atoms with Gasteiger partial charge in [-0.3, -0.25) is 9.78 Å². The lowest BCUT2D eigenvalue weighted by Crippen LogP contribution is -2.12. The summed E-state index contributed by atoms with van der Waals surface area (Å²) in [5.41, 5.74) is -0.192. The first-order valence-electron chi connectivity index (χ1n) is 7.54. The molecule has 0 saturated carbocycles. The molecule has 0 saturated heterocycles. The van der Waals surface area contributed by atoms with Crippen LogP contribution in [-0.2, 0) is 6.18 Å². The van der Waals surface area contributed by atoms with E-state index in [1.165, 1.54) is 18.5 Å². The Bertz CT molecular complexity index is 963. The van der Waals surface area contributed by atoms with Crippen molar-refractivity contribution in [3.8, 4) is 11.5 Å². The molecule has 2 heterocycles. The third-order valence-electron chi connectivity index (χ3n) is 3.32. The standard InChI is InChI=1S/C18H11BrF3N3O2/c19-12-3-1-2-11(6-12)17(26)25-13-7-15(9-23-8-13)27-14-4-5-16(24-10-14)18(20,21)22/h1-10H,(H,25,26). The van der Waals surface area contributed by atoms with Gasteiger partial charge in [0.25, 0.3) is 5.91 Å². The van der Waals surface area contributed by atoms with Crippen LogP contribution in [0.4, 0.5) is 18.9 Å². The highest BCUT2D eigenvalue weighted by atomic mass is 79.9. The van der Waals surface area contributed by atoms with Gasteiger partial charge in [-0.25, -0.2) is 4.98 Å². The van der Waals surface area contributed by atoms with Crippen LogP contribution in [0.5, 0.6) is 11.5 Å². The summed E-state index contributed by atoms with van der Waals surface area (Å²) in [6.07, 6.45) is -0.757. The van der Waals surface area contributed by atoms with Crippen LogP contribution in [0.15, 0.2) is 65.5 Å². The summed E-state index contributed by atoms with van der Waals surface area (Å²) in [7, 11) is 0. The number of alkyl halides is 3. The van der Waals surface area contributed by atoms with Crippen LogP contribution in [0.1, 0.15) is 16.1 Å². The molecule has 0 aliphatic heterocycles. The number of hydrogen-bond acceptors (Lipinski definition) is 4. The van der Waals surface area contributed by atoms with E-state index in [0.717, 1.165) is 22.8 Å². The number of anilines is 1. The number of nitrogens with one attached hydrogen (secondary N) is 1. The molecule has 0 unspecified atom stereocenters. The van der Waals surface area contributed by atoms with E-state index in [9.17, 15) is 18.0 Å². The summed E-state index contributed by atoms with van der Waals surface area (Å²) in [5, 5.41) is 2.67. The summed E-state index contributed by atoms with van der Waals surface area (Å²) >= 11 is 3.29. The van der Waals surface area contributed by atoms with Gasteiger partial charge in [0, 0.05) is 16.1 Å². The Morgan fingerprint density at radius 3 is 2.52 bits per heavy atom. The van der Waals surface area contributed by atoms with E-state index in [1.54, 1.807) is 24.3 Å². The highest BCUT2D eigenvalue weighted by molar-refractivity contribution is 9.10. The molecule has 0 atom stereocenters. The largest absolute Gasteiger partial charge is 0.454 e. The lowest BCUT2D eigenvalue weighted by Gasteiger charge is -2.09. The highest BCUT2D eigenvalue weighted by Gasteiger charge is 2.32. The van der Waals surface area contributed by atoms with E-state index < -0.39 is 11.9 Å². The second-order valence-electron chi connectivity index (χ2n) is 5.35. The molecule has 1 amide bonds. The van der Waals surface area contributed by atoms with Crippen LogP contribution in [0.2, 0.25) is 0 Å². The van der Waals surface area contributed by atoms with Crippen LogP contribution in [0.25, 0.3) is 0 Å². The molecule has 0 spiro atoms. The van der Waals surface area contributed by atoms with E-state index in [-0.39, 0.29) is 17.4 Å². The number of benzene rings is 1. The molecule has 3 rings (SSSR count). The number of aromatic nitrogens is 2. The molecule has 138 valence electrons. The third-order valence-corrected chi connectivity index (χ3v) is 3.81. The molecule has 3 aromatic rings. The molecule has 1 aromatic carbocycles. The summed E-state index contributed by atoms with van der Waals surface area (Å²) in [4.78, 5) is 19.5. The topological polar surface area (TPSA) is 64.1 Å². The molecule has 9 heteroatoms. The summed E-state index contributed by atoms with van der Waals surface area (Å²) in [6, 6.07) is 10.3. The van der Waals surface area contributed by atoms with Crippen LogP contribution in [0, 0.1) is 0 Å². The Morgan fingerprint density at radius 1 is 1.04 bits per heavy atom. The second kappa shape index (κ2) is 7.75. The van der Waals surface area contributed by atoms with Gasteiger partial charge in [0.05, 0.1) is 24.3 Å².